The van der Waals surface area contributed by atoms with Gasteiger partial charge in [0.05, 0.1) is 18.0 Å². The Bertz CT molecular complexity index is 333. The predicted octanol–water partition coefficient (Wildman–Crippen LogP) is 2.45. The zero-order valence-electron chi connectivity index (χ0n) is 10.3. The number of nitrogens with one attached hydrogen (secondary N) is 1. The van der Waals surface area contributed by atoms with Gasteiger partial charge in [0.25, 0.3) is 0 Å². The maximum Gasteiger partial charge on any atom is 0.0905 e. The number of aliphatic hydroxyl groups excluding tert-OH is 1. The average Bonchev–Trinajstić information content (AvgIpc) is 2.38. The Morgan fingerprint density at radius 2 is 1.88 bits per heavy atom. The molecule has 0 aliphatic carbocycles. The zero-order valence-corrected chi connectivity index (χ0v) is 11.9. The number of benzene rings is 1. The summed E-state index contributed by atoms with van der Waals surface area (Å²) in [6.07, 6.45) is 0. The van der Waals surface area contributed by atoms with Gasteiger partial charge in [0.1, 0.15) is 0 Å². The van der Waals surface area contributed by atoms with E-state index in [2.05, 4.69) is 33.4 Å². The van der Waals surface area contributed by atoms with Crippen molar-refractivity contribution in [2.45, 2.75) is 25.9 Å². The molecule has 0 amide bonds. The van der Waals surface area contributed by atoms with Crippen molar-refractivity contribution < 1.29 is 5.11 Å². The van der Waals surface area contributed by atoms with E-state index in [4.69, 9.17) is 10.4 Å². The molecule has 0 saturated carbocycles. The van der Waals surface area contributed by atoms with Gasteiger partial charge in [-0.3, -0.25) is 0 Å². The summed E-state index contributed by atoms with van der Waals surface area (Å²) in [7, 11) is 0. The molecule has 0 aliphatic rings. The normalized spacial score (nSPS) is 10.1. The number of alkyl halides is 1. The summed E-state index contributed by atoms with van der Waals surface area (Å²) in [6.45, 7) is 4.92. The largest absolute Gasteiger partial charge is 0.394 e. The Labute approximate surface area is 112 Å². The minimum absolute atomic E-state index is 0.153. The number of nitriles is 1. The van der Waals surface area contributed by atoms with Crippen molar-refractivity contribution in [3.8, 4) is 6.07 Å². The van der Waals surface area contributed by atoms with Crippen LogP contribution in [0.1, 0.15) is 19.4 Å². The summed E-state index contributed by atoms with van der Waals surface area (Å²) in [5.41, 5.74) is 1.04. The van der Waals surface area contributed by atoms with Crippen LogP contribution in [0.3, 0.4) is 0 Å². The number of hydrogen-bond donors (Lipinski definition) is 2. The molecule has 0 bridgehead atoms. The van der Waals surface area contributed by atoms with Crippen molar-refractivity contribution in [3.63, 3.8) is 0 Å². The molecule has 0 heterocycles. The first-order valence-electron chi connectivity index (χ1n) is 5.38. The van der Waals surface area contributed by atoms with E-state index in [9.17, 15) is 0 Å². The second kappa shape index (κ2) is 9.17. The van der Waals surface area contributed by atoms with Crippen molar-refractivity contribution >= 4 is 15.9 Å². The molecule has 94 valence electrons. The summed E-state index contributed by atoms with van der Waals surface area (Å²) in [4.78, 5) is 0. The molecule has 1 aromatic rings. The van der Waals surface area contributed by atoms with Crippen molar-refractivity contribution in [3.05, 3.63) is 35.9 Å². The number of hydrogen-bond acceptors (Lipinski definition) is 3. The van der Waals surface area contributed by atoms with E-state index in [1.54, 1.807) is 0 Å². The zero-order chi connectivity index (χ0) is 13.1. The molecule has 2 N–H and O–H groups in total. The van der Waals surface area contributed by atoms with Crippen molar-refractivity contribution in [2.24, 2.45) is 0 Å². The van der Waals surface area contributed by atoms with Gasteiger partial charge < -0.3 is 10.4 Å². The van der Waals surface area contributed by atoms with E-state index in [0.29, 0.717) is 5.33 Å². The number of aliphatic hydroxyl groups is 1. The fraction of sp³-hybridized carbons (Fsp3) is 0.462. The van der Waals surface area contributed by atoms with Crippen LogP contribution in [0.25, 0.3) is 0 Å². The van der Waals surface area contributed by atoms with E-state index in [0.717, 1.165) is 6.54 Å². The van der Waals surface area contributed by atoms with Crippen LogP contribution in [-0.4, -0.2) is 22.6 Å². The Balaban J connectivity index is 0.000000557. The van der Waals surface area contributed by atoms with Crippen LogP contribution in [-0.2, 0) is 6.54 Å². The van der Waals surface area contributed by atoms with Crippen LogP contribution in [0, 0.1) is 11.3 Å². The first-order valence-corrected chi connectivity index (χ1v) is 6.50. The van der Waals surface area contributed by atoms with Crippen LogP contribution >= 0.6 is 15.9 Å². The van der Waals surface area contributed by atoms with Gasteiger partial charge >= 0.3 is 0 Å². The summed E-state index contributed by atoms with van der Waals surface area (Å²) < 4.78 is 0. The quantitative estimate of drug-likeness (QED) is 0.840. The molecule has 0 radical (unpaired) electrons. The third kappa shape index (κ3) is 8.87. The lowest BCUT2D eigenvalue weighted by molar-refractivity contribution is 0.187. The number of rotatable bonds is 4. The van der Waals surface area contributed by atoms with E-state index in [-0.39, 0.29) is 12.1 Å². The van der Waals surface area contributed by atoms with Crippen LogP contribution in [0.15, 0.2) is 30.3 Å². The summed E-state index contributed by atoms with van der Waals surface area (Å²) in [5, 5.41) is 20.3. The highest BCUT2D eigenvalue weighted by molar-refractivity contribution is 9.09. The van der Waals surface area contributed by atoms with Gasteiger partial charge in [-0.25, -0.2) is 0 Å². The molecule has 4 heteroatoms. The lowest BCUT2D eigenvalue weighted by atomic mass is 10.1. The van der Waals surface area contributed by atoms with Crippen LogP contribution < -0.4 is 5.32 Å². The monoisotopic (exact) mass is 298 g/mol. The fourth-order valence-corrected chi connectivity index (χ4v) is 0.993. The lowest BCUT2D eigenvalue weighted by Crippen LogP contribution is -2.42. The van der Waals surface area contributed by atoms with Crippen molar-refractivity contribution in [1.82, 2.24) is 5.32 Å². The van der Waals surface area contributed by atoms with Crippen LogP contribution in [0.4, 0.5) is 0 Å². The molecule has 0 spiro atoms. The maximum atomic E-state index is 9.01. The first kappa shape index (κ1) is 16.1. The summed E-state index contributed by atoms with van der Waals surface area (Å²) in [5.74, 6) is 0. The van der Waals surface area contributed by atoms with Gasteiger partial charge in [0.2, 0.25) is 0 Å². The van der Waals surface area contributed by atoms with Gasteiger partial charge in [0.15, 0.2) is 0 Å². The molecule has 3 nitrogen and oxygen atoms in total. The Kier molecular flexibility index (Phi) is 8.69. The summed E-state index contributed by atoms with van der Waals surface area (Å²) in [6, 6.07) is 12.0. The third-order valence-electron chi connectivity index (χ3n) is 2.07. The summed E-state index contributed by atoms with van der Waals surface area (Å²) >= 11 is 2.89. The minimum Gasteiger partial charge on any atom is -0.394 e. The number of nitrogens with zero attached hydrogens (tertiary/aromatic N) is 1. The van der Waals surface area contributed by atoms with Gasteiger partial charge in [-0.2, -0.15) is 5.26 Å². The van der Waals surface area contributed by atoms with E-state index >= 15 is 0 Å². The van der Waals surface area contributed by atoms with Gasteiger partial charge in [-0.15, -0.1) is 0 Å². The maximum absolute atomic E-state index is 9.01. The van der Waals surface area contributed by atoms with Crippen molar-refractivity contribution in [1.29, 1.82) is 5.26 Å². The molecular weight excluding hydrogens is 280 g/mol. The van der Waals surface area contributed by atoms with Gasteiger partial charge in [-0.1, -0.05) is 46.3 Å². The van der Waals surface area contributed by atoms with Crippen molar-refractivity contribution in [2.75, 3.05) is 11.9 Å². The Morgan fingerprint density at radius 3 is 2.29 bits per heavy atom. The highest BCUT2D eigenvalue weighted by Gasteiger charge is 2.14. The molecular formula is C13H19BrN2O. The molecule has 0 fully saturated rings. The second-order valence-electron chi connectivity index (χ2n) is 4.17. The van der Waals surface area contributed by atoms with E-state index in [1.807, 2.05) is 38.1 Å². The first-order chi connectivity index (χ1) is 8.05. The van der Waals surface area contributed by atoms with Crippen LogP contribution in [0.2, 0.25) is 0 Å². The average molecular weight is 299 g/mol. The topological polar surface area (TPSA) is 56.0 Å². The standard InChI is InChI=1S/C11H17NO.C2H2BrN/c1-11(2,9-13)12-8-10-6-4-3-5-7-10;3-1-2-4/h3-7,12-13H,8-9H2,1-2H3;1H2. The van der Waals surface area contributed by atoms with Crippen LogP contribution in [0.5, 0.6) is 0 Å². The molecule has 0 aliphatic heterocycles. The van der Waals surface area contributed by atoms with Gasteiger partial charge in [0, 0.05) is 12.1 Å². The van der Waals surface area contributed by atoms with E-state index < -0.39 is 0 Å². The molecule has 1 rings (SSSR count). The fourth-order valence-electron chi connectivity index (χ4n) is 0.993. The molecule has 0 aromatic heterocycles. The Morgan fingerprint density at radius 1 is 1.35 bits per heavy atom. The van der Waals surface area contributed by atoms with Gasteiger partial charge in [-0.05, 0) is 19.4 Å². The second-order valence-corrected chi connectivity index (χ2v) is 4.73. The smallest absolute Gasteiger partial charge is 0.0905 e. The molecule has 1 aromatic carbocycles. The molecule has 0 unspecified atom stereocenters. The third-order valence-corrected chi connectivity index (χ3v) is 2.32. The lowest BCUT2D eigenvalue weighted by Gasteiger charge is -2.23. The predicted molar refractivity (Wildman–Crippen MR) is 73.9 cm³/mol. The molecule has 0 atom stereocenters. The molecule has 0 saturated heterocycles. The molecule has 17 heavy (non-hydrogen) atoms. The highest BCUT2D eigenvalue weighted by atomic mass is 79.9. The highest BCUT2D eigenvalue weighted by Crippen LogP contribution is 2.03. The van der Waals surface area contributed by atoms with E-state index in [1.165, 1.54) is 5.56 Å². The minimum atomic E-state index is -0.199. The Hall–Kier alpha value is -0.890. The SMILES string of the molecule is CC(C)(CO)NCc1ccccc1.N#CCBr. The number of halogens is 1.